The lowest BCUT2D eigenvalue weighted by atomic mass is 9.89. The highest BCUT2D eigenvalue weighted by Crippen LogP contribution is 2.35. The van der Waals surface area contributed by atoms with Crippen molar-refractivity contribution in [2.75, 3.05) is 0 Å². The Bertz CT molecular complexity index is 1010. The number of aromatic nitrogens is 2. The number of benzene rings is 1. The van der Waals surface area contributed by atoms with Gasteiger partial charge >= 0.3 is 5.97 Å². The van der Waals surface area contributed by atoms with Crippen LogP contribution in [0.2, 0.25) is 0 Å². The van der Waals surface area contributed by atoms with E-state index in [4.69, 9.17) is 4.74 Å². The smallest absolute Gasteiger partial charge is 0.326 e. The van der Waals surface area contributed by atoms with Crippen molar-refractivity contribution >= 4 is 27.5 Å². The summed E-state index contributed by atoms with van der Waals surface area (Å²) in [7, 11) is 0. The highest BCUT2D eigenvalue weighted by Gasteiger charge is 2.23. The van der Waals surface area contributed by atoms with Gasteiger partial charge in [0.25, 0.3) is 5.56 Å². The fourth-order valence-electron chi connectivity index (χ4n) is 3.40. The van der Waals surface area contributed by atoms with Crippen LogP contribution in [-0.2, 0) is 35.5 Å². The van der Waals surface area contributed by atoms with E-state index in [9.17, 15) is 9.59 Å². The summed E-state index contributed by atoms with van der Waals surface area (Å²) >= 11 is 1.61. The van der Waals surface area contributed by atoms with Crippen LogP contribution >= 0.6 is 11.3 Å². The van der Waals surface area contributed by atoms with Crippen LogP contribution < -0.4 is 5.56 Å². The van der Waals surface area contributed by atoms with Crippen LogP contribution in [-0.4, -0.2) is 15.5 Å². The molecule has 26 heavy (non-hydrogen) atoms. The molecule has 0 saturated heterocycles. The maximum absolute atomic E-state index is 12.9. The zero-order valence-corrected chi connectivity index (χ0v) is 15.4. The number of rotatable bonds is 4. The van der Waals surface area contributed by atoms with Crippen molar-refractivity contribution in [2.24, 2.45) is 5.92 Å². The van der Waals surface area contributed by atoms with Gasteiger partial charge in [-0.1, -0.05) is 37.3 Å². The second-order valence-corrected chi connectivity index (χ2v) is 7.94. The average Bonchev–Trinajstić information content (AvgIpc) is 3.01. The van der Waals surface area contributed by atoms with Crippen molar-refractivity contribution in [2.45, 2.75) is 39.3 Å². The van der Waals surface area contributed by atoms with Gasteiger partial charge < -0.3 is 4.74 Å². The Morgan fingerprint density at radius 1 is 1.35 bits per heavy atom. The maximum Gasteiger partial charge on any atom is 0.326 e. The predicted molar refractivity (Wildman–Crippen MR) is 101 cm³/mol. The number of carbonyl (C=O) groups is 1. The van der Waals surface area contributed by atoms with E-state index in [1.165, 1.54) is 15.8 Å². The molecule has 0 amide bonds. The standard InChI is InChI=1S/C20H20N2O3S/c1-13-7-8-15-16(9-13)26-19-18(15)20(24)22(12-21-19)10-17(23)25-11-14-5-3-2-4-6-14/h2-6,12-13H,7-11H2,1H3. The van der Waals surface area contributed by atoms with Gasteiger partial charge in [-0.05, 0) is 36.3 Å². The van der Waals surface area contributed by atoms with E-state index >= 15 is 0 Å². The molecule has 0 fully saturated rings. The Labute approximate surface area is 155 Å². The Kier molecular flexibility index (Phi) is 4.59. The Morgan fingerprint density at radius 2 is 2.15 bits per heavy atom. The van der Waals surface area contributed by atoms with Gasteiger partial charge in [0.2, 0.25) is 0 Å². The second-order valence-electron chi connectivity index (χ2n) is 6.86. The number of hydrogen-bond acceptors (Lipinski definition) is 5. The Hall–Kier alpha value is -2.47. The van der Waals surface area contributed by atoms with Crippen LogP contribution in [0, 0.1) is 5.92 Å². The molecule has 1 aliphatic carbocycles. The molecule has 3 aromatic rings. The molecule has 134 valence electrons. The van der Waals surface area contributed by atoms with Crippen LogP contribution in [0.4, 0.5) is 0 Å². The summed E-state index contributed by atoms with van der Waals surface area (Å²) < 4.78 is 6.65. The first-order chi connectivity index (χ1) is 12.6. The van der Waals surface area contributed by atoms with Crippen LogP contribution in [0.1, 0.15) is 29.3 Å². The molecule has 0 radical (unpaired) electrons. The summed E-state index contributed by atoms with van der Waals surface area (Å²) in [5.74, 6) is 0.209. The molecule has 0 saturated carbocycles. The number of esters is 1. The number of hydrogen-bond donors (Lipinski definition) is 0. The van der Waals surface area contributed by atoms with Crippen LogP contribution in [0.25, 0.3) is 10.2 Å². The minimum Gasteiger partial charge on any atom is -0.459 e. The Balaban J connectivity index is 1.54. The number of fused-ring (bicyclic) bond motifs is 3. The summed E-state index contributed by atoms with van der Waals surface area (Å²) in [6.45, 7) is 2.33. The highest BCUT2D eigenvalue weighted by atomic mass is 32.1. The molecule has 1 unspecified atom stereocenters. The van der Waals surface area contributed by atoms with E-state index < -0.39 is 5.97 Å². The monoisotopic (exact) mass is 368 g/mol. The molecule has 2 heterocycles. The summed E-state index contributed by atoms with van der Waals surface area (Å²) in [6, 6.07) is 9.49. The minimum atomic E-state index is -0.435. The van der Waals surface area contributed by atoms with Gasteiger partial charge in [0, 0.05) is 4.88 Å². The third kappa shape index (κ3) is 3.29. The molecule has 2 aromatic heterocycles. The third-order valence-corrected chi connectivity index (χ3v) is 5.99. The van der Waals surface area contributed by atoms with Crippen molar-refractivity contribution in [1.82, 2.24) is 9.55 Å². The highest BCUT2D eigenvalue weighted by molar-refractivity contribution is 7.18. The first kappa shape index (κ1) is 17.0. The first-order valence-electron chi connectivity index (χ1n) is 8.81. The van der Waals surface area contributed by atoms with Crippen molar-refractivity contribution in [1.29, 1.82) is 0 Å². The Morgan fingerprint density at radius 3 is 2.96 bits per heavy atom. The zero-order chi connectivity index (χ0) is 18.1. The van der Waals surface area contributed by atoms with Crippen molar-refractivity contribution < 1.29 is 9.53 Å². The molecule has 5 nitrogen and oxygen atoms in total. The van der Waals surface area contributed by atoms with Crippen LogP contribution in [0.15, 0.2) is 41.5 Å². The molecular formula is C20H20N2O3S. The summed E-state index contributed by atoms with van der Waals surface area (Å²) in [5.41, 5.74) is 1.91. The summed E-state index contributed by atoms with van der Waals surface area (Å²) in [4.78, 5) is 31.5. The molecule has 0 N–H and O–H groups in total. The van der Waals surface area contributed by atoms with Gasteiger partial charge in [-0.3, -0.25) is 14.2 Å². The van der Waals surface area contributed by atoms with Gasteiger partial charge in [-0.2, -0.15) is 0 Å². The van der Waals surface area contributed by atoms with E-state index in [0.717, 1.165) is 35.2 Å². The van der Waals surface area contributed by atoms with Gasteiger partial charge in [0.15, 0.2) is 0 Å². The lowest BCUT2D eigenvalue weighted by molar-refractivity contribution is -0.145. The molecule has 1 aliphatic rings. The molecule has 6 heteroatoms. The second kappa shape index (κ2) is 7.03. The minimum absolute atomic E-state index is 0.115. The lowest BCUT2D eigenvalue weighted by Gasteiger charge is -2.17. The molecule has 0 bridgehead atoms. The fourth-order valence-corrected chi connectivity index (χ4v) is 4.74. The number of aryl methyl sites for hydroxylation is 1. The normalized spacial score (nSPS) is 16.4. The number of thiophene rings is 1. The molecule has 1 aromatic carbocycles. The van der Waals surface area contributed by atoms with E-state index in [1.807, 2.05) is 30.3 Å². The van der Waals surface area contributed by atoms with Gasteiger partial charge in [0.1, 0.15) is 18.0 Å². The molecule has 1 atom stereocenters. The quantitative estimate of drug-likeness (QED) is 0.663. The van der Waals surface area contributed by atoms with Crippen LogP contribution in [0.5, 0.6) is 0 Å². The summed E-state index contributed by atoms with van der Waals surface area (Å²) in [6.07, 6.45) is 4.47. The van der Waals surface area contributed by atoms with Crippen molar-refractivity contribution in [3.05, 3.63) is 63.0 Å². The van der Waals surface area contributed by atoms with Gasteiger partial charge in [0.05, 0.1) is 11.7 Å². The lowest BCUT2D eigenvalue weighted by Crippen LogP contribution is -2.26. The third-order valence-electron chi connectivity index (χ3n) is 4.82. The topological polar surface area (TPSA) is 61.2 Å². The molecular weight excluding hydrogens is 348 g/mol. The van der Waals surface area contributed by atoms with Crippen molar-refractivity contribution in [3.63, 3.8) is 0 Å². The molecule has 0 spiro atoms. The first-order valence-corrected chi connectivity index (χ1v) is 9.62. The maximum atomic E-state index is 12.9. The molecule has 0 aliphatic heterocycles. The van der Waals surface area contributed by atoms with Crippen molar-refractivity contribution in [3.8, 4) is 0 Å². The fraction of sp³-hybridized carbons (Fsp3) is 0.350. The zero-order valence-electron chi connectivity index (χ0n) is 14.6. The van der Waals surface area contributed by atoms with E-state index in [-0.39, 0.29) is 18.7 Å². The SMILES string of the molecule is CC1CCc2c(sc3ncn(CC(=O)OCc4ccccc4)c(=O)c23)C1. The van der Waals surface area contributed by atoms with E-state index in [2.05, 4.69) is 11.9 Å². The van der Waals surface area contributed by atoms with E-state index in [0.29, 0.717) is 11.3 Å². The van der Waals surface area contributed by atoms with Gasteiger partial charge in [-0.25, -0.2) is 4.98 Å². The average molecular weight is 368 g/mol. The number of carbonyl (C=O) groups excluding carboxylic acids is 1. The molecule has 4 rings (SSSR count). The number of nitrogens with zero attached hydrogens (tertiary/aromatic N) is 2. The summed E-state index contributed by atoms with van der Waals surface area (Å²) in [5, 5.41) is 0.690. The number of ether oxygens (including phenoxy) is 1. The predicted octanol–water partition coefficient (Wildman–Crippen LogP) is 3.33. The largest absolute Gasteiger partial charge is 0.459 e. The van der Waals surface area contributed by atoms with Crippen LogP contribution in [0.3, 0.4) is 0 Å². The van der Waals surface area contributed by atoms with E-state index in [1.54, 1.807) is 11.3 Å². The van der Waals surface area contributed by atoms with Gasteiger partial charge in [-0.15, -0.1) is 11.3 Å².